The molecule has 1 saturated heterocycles. The van der Waals surface area contributed by atoms with Crippen LogP contribution in [0.5, 0.6) is 0 Å². The maximum Gasteiger partial charge on any atom is 0.258 e. The number of benzene rings is 1. The van der Waals surface area contributed by atoms with E-state index in [1.54, 1.807) is 6.07 Å². The van der Waals surface area contributed by atoms with E-state index in [-0.39, 0.29) is 11.5 Å². The van der Waals surface area contributed by atoms with Gasteiger partial charge in [-0.25, -0.2) is 4.98 Å². The topological polar surface area (TPSA) is 66.1 Å². The van der Waals surface area contributed by atoms with Crippen LogP contribution in [0.2, 0.25) is 0 Å². The second-order valence-electron chi connectivity index (χ2n) is 9.87. The molecule has 2 fully saturated rings. The number of nitrogens with one attached hydrogen (secondary N) is 1. The van der Waals surface area contributed by atoms with Crippen LogP contribution in [0, 0.1) is 11.8 Å². The zero-order valence-corrected chi connectivity index (χ0v) is 20.9. The Hall–Kier alpha value is -1.82. The molecule has 5 nitrogen and oxygen atoms in total. The van der Waals surface area contributed by atoms with E-state index in [2.05, 4.69) is 28.7 Å². The lowest BCUT2D eigenvalue weighted by Crippen LogP contribution is -2.36. The summed E-state index contributed by atoms with van der Waals surface area (Å²) in [5, 5.41) is 1.15. The fourth-order valence-corrected chi connectivity index (χ4v) is 7.21. The molecule has 180 valence electrons. The minimum atomic E-state index is -0.131. The maximum absolute atomic E-state index is 13.0. The van der Waals surface area contributed by atoms with Gasteiger partial charge in [0.25, 0.3) is 5.56 Å². The first-order valence-electron chi connectivity index (χ1n) is 13.0. The summed E-state index contributed by atoms with van der Waals surface area (Å²) in [6.45, 7) is 3.67. The molecule has 2 unspecified atom stereocenters. The second kappa shape index (κ2) is 12.0. The molecule has 1 aliphatic heterocycles. The fraction of sp³-hybridized carbons (Fsp3) is 0.667. The van der Waals surface area contributed by atoms with Gasteiger partial charge in [-0.3, -0.25) is 9.59 Å². The number of para-hydroxylation sites is 1. The van der Waals surface area contributed by atoms with Gasteiger partial charge in [0, 0.05) is 31.2 Å². The molecule has 1 saturated carbocycles. The first-order valence-corrected chi connectivity index (χ1v) is 14.1. The largest absolute Gasteiger partial charge is 0.342 e. The summed E-state index contributed by atoms with van der Waals surface area (Å²) in [6.07, 6.45) is 13.4. The molecule has 2 aliphatic rings. The monoisotopic (exact) mass is 469 g/mol. The fourth-order valence-electron chi connectivity index (χ4n) is 5.61. The van der Waals surface area contributed by atoms with Gasteiger partial charge < -0.3 is 9.88 Å². The SMILES string of the molecule is CCN(CC1CC(C2CCCCCCCC2)CS1)C(=O)CCc1nc2ccccc2c(=O)[nH]1. The number of hydrogen-bond donors (Lipinski definition) is 1. The Morgan fingerprint density at radius 1 is 1.09 bits per heavy atom. The summed E-state index contributed by atoms with van der Waals surface area (Å²) in [7, 11) is 0. The summed E-state index contributed by atoms with van der Waals surface area (Å²) in [5.41, 5.74) is 0.558. The summed E-state index contributed by atoms with van der Waals surface area (Å²) >= 11 is 2.09. The third-order valence-corrected chi connectivity index (χ3v) is 9.01. The Morgan fingerprint density at radius 2 is 1.82 bits per heavy atom. The Balaban J connectivity index is 1.29. The molecule has 2 atom stereocenters. The molecule has 6 heteroatoms. The standard InChI is InChI=1S/C27H39N3O2S/c1-2-30(18-22-17-21(19-33-22)20-11-7-5-3-4-6-8-12-20)26(31)16-15-25-28-24-14-10-9-13-23(24)27(32)29-25/h9-10,13-14,20-22H,2-8,11-12,15-19H2,1H3,(H,28,29,32). The van der Waals surface area contributed by atoms with Crippen molar-refractivity contribution in [2.24, 2.45) is 11.8 Å². The Morgan fingerprint density at radius 3 is 2.58 bits per heavy atom. The van der Waals surface area contributed by atoms with Crippen LogP contribution in [0.25, 0.3) is 10.9 Å². The average molecular weight is 470 g/mol. The molecule has 1 aliphatic carbocycles. The number of rotatable bonds is 7. The first-order chi connectivity index (χ1) is 16.1. The van der Waals surface area contributed by atoms with Gasteiger partial charge in [0.15, 0.2) is 0 Å². The number of nitrogens with zero attached hydrogens (tertiary/aromatic N) is 2. The molecule has 4 rings (SSSR count). The van der Waals surface area contributed by atoms with E-state index in [0.29, 0.717) is 34.8 Å². The van der Waals surface area contributed by atoms with Crippen LogP contribution < -0.4 is 5.56 Å². The average Bonchev–Trinajstić information content (AvgIpc) is 3.33. The van der Waals surface area contributed by atoms with Crippen LogP contribution in [0.15, 0.2) is 29.1 Å². The molecular weight excluding hydrogens is 430 g/mol. The van der Waals surface area contributed by atoms with Crippen LogP contribution in [0.4, 0.5) is 0 Å². The predicted molar refractivity (Wildman–Crippen MR) is 138 cm³/mol. The van der Waals surface area contributed by atoms with Gasteiger partial charge in [0.1, 0.15) is 5.82 Å². The van der Waals surface area contributed by atoms with Crippen LogP contribution in [-0.4, -0.2) is 44.9 Å². The maximum atomic E-state index is 13.0. The summed E-state index contributed by atoms with van der Waals surface area (Å²) < 4.78 is 0. The Labute approximate surface area is 202 Å². The van der Waals surface area contributed by atoms with Crippen molar-refractivity contribution in [2.75, 3.05) is 18.8 Å². The Kier molecular flexibility index (Phi) is 8.88. The molecule has 1 N–H and O–H groups in total. The molecule has 0 spiro atoms. The number of aromatic amines is 1. The van der Waals surface area contributed by atoms with Crippen molar-refractivity contribution >= 4 is 28.6 Å². The lowest BCUT2D eigenvalue weighted by molar-refractivity contribution is -0.131. The normalized spacial score (nSPS) is 22.6. The number of H-pyrrole nitrogens is 1. The van der Waals surface area contributed by atoms with Crippen LogP contribution in [-0.2, 0) is 11.2 Å². The van der Waals surface area contributed by atoms with Crippen molar-refractivity contribution in [3.63, 3.8) is 0 Å². The number of hydrogen-bond acceptors (Lipinski definition) is 4. The number of aromatic nitrogens is 2. The van der Waals surface area contributed by atoms with Crippen molar-refractivity contribution in [1.29, 1.82) is 0 Å². The number of amides is 1. The van der Waals surface area contributed by atoms with E-state index in [0.717, 1.165) is 24.9 Å². The smallest absolute Gasteiger partial charge is 0.258 e. The second-order valence-corrected chi connectivity index (χ2v) is 11.2. The molecular formula is C27H39N3O2S. The molecule has 1 amide bonds. The molecule has 0 radical (unpaired) electrons. The molecule has 33 heavy (non-hydrogen) atoms. The van der Waals surface area contributed by atoms with Gasteiger partial charge in [0.05, 0.1) is 10.9 Å². The number of thioether (sulfide) groups is 1. The molecule has 2 heterocycles. The van der Waals surface area contributed by atoms with Crippen molar-refractivity contribution in [3.8, 4) is 0 Å². The molecule has 1 aromatic heterocycles. The number of aryl methyl sites for hydroxylation is 1. The molecule has 1 aromatic carbocycles. The highest BCUT2D eigenvalue weighted by Crippen LogP contribution is 2.40. The first kappa shape index (κ1) is 24.3. The van der Waals surface area contributed by atoms with Crippen LogP contribution in [0.3, 0.4) is 0 Å². The van der Waals surface area contributed by atoms with Crippen molar-refractivity contribution in [1.82, 2.24) is 14.9 Å². The van der Waals surface area contributed by atoms with Crippen molar-refractivity contribution in [2.45, 2.75) is 82.8 Å². The summed E-state index contributed by atoms with van der Waals surface area (Å²) in [6, 6.07) is 7.35. The highest BCUT2D eigenvalue weighted by atomic mass is 32.2. The lowest BCUT2D eigenvalue weighted by Gasteiger charge is -2.25. The third-order valence-electron chi connectivity index (χ3n) is 7.57. The number of fused-ring (bicyclic) bond motifs is 1. The highest BCUT2D eigenvalue weighted by molar-refractivity contribution is 8.00. The number of carbonyl (C=O) groups excluding carboxylic acids is 1. The van der Waals surface area contributed by atoms with Crippen LogP contribution >= 0.6 is 11.8 Å². The van der Waals surface area contributed by atoms with E-state index < -0.39 is 0 Å². The summed E-state index contributed by atoms with van der Waals surface area (Å²) in [5.74, 6) is 3.75. The van der Waals surface area contributed by atoms with E-state index >= 15 is 0 Å². The van der Waals surface area contributed by atoms with Gasteiger partial charge >= 0.3 is 0 Å². The quantitative estimate of drug-likeness (QED) is 0.575. The predicted octanol–water partition coefficient (Wildman–Crippen LogP) is 5.58. The molecule has 0 bridgehead atoms. The van der Waals surface area contributed by atoms with E-state index in [4.69, 9.17) is 0 Å². The van der Waals surface area contributed by atoms with Gasteiger partial charge in [-0.05, 0) is 43.1 Å². The van der Waals surface area contributed by atoms with E-state index in [9.17, 15) is 9.59 Å². The van der Waals surface area contributed by atoms with Crippen LogP contribution in [0.1, 0.15) is 77.0 Å². The Bertz CT molecular complexity index is 965. The van der Waals surface area contributed by atoms with Gasteiger partial charge in [-0.15, -0.1) is 0 Å². The highest BCUT2D eigenvalue weighted by Gasteiger charge is 2.32. The van der Waals surface area contributed by atoms with Gasteiger partial charge in [-0.2, -0.15) is 11.8 Å². The van der Waals surface area contributed by atoms with Crippen molar-refractivity contribution < 1.29 is 4.79 Å². The molecule has 2 aromatic rings. The third kappa shape index (κ3) is 6.62. The van der Waals surface area contributed by atoms with E-state index in [1.807, 2.05) is 23.1 Å². The minimum absolute atomic E-state index is 0.131. The van der Waals surface area contributed by atoms with Gasteiger partial charge in [-0.1, -0.05) is 63.5 Å². The zero-order valence-electron chi connectivity index (χ0n) is 20.1. The van der Waals surface area contributed by atoms with E-state index in [1.165, 1.54) is 63.5 Å². The minimum Gasteiger partial charge on any atom is -0.342 e. The van der Waals surface area contributed by atoms with Crippen molar-refractivity contribution in [3.05, 3.63) is 40.4 Å². The zero-order chi connectivity index (χ0) is 23.0. The number of carbonyl (C=O) groups is 1. The van der Waals surface area contributed by atoms with Gasteiger partial charge in [0.2, 0.25) is 5.91 Å². The summed E-state index contributed by atoms with van der Waals surface area (Å²) in [4.78, 5) is 34.7. The lowest BCUT2D eigenvalue weighted by atomic mass is 9.83.